The quantitative estimate of drug-likeness (QED) is 0.404. The van der Waals surface area contributed by atoms with Gasteiger partial charge >= 0.3 is 75.5 Å². The summed E-state index contributed by atoms with van der Waals surface area (Å²) in [5.41, 5.74) is 0. The van der Waals surface area contributed by atoms with Crippen molar-refractivity contribution in [1.82, 2.24) is 0 Å². The standard InChI is InChI=1S/C2H8O7P2.2Ca/c3-1-2(10(4,5)6)11(7,8)9;;/h2-3H,1H2,(H2,4,5,6)(H2,7,8,9);;/q;2*+2/p-4. The van der Waals surface area contributed by atoms with E-state index in [2.05, 4.69) is 0 Å². The minimum Gasteiger partial charge on any atom is -0.810 e. The molecule has 0 heterocycles. The van der Waals surface area contributed by atoms with Gasteiger partial charge in [-0.2, -0.15) is 0 Å². The summed E-state index contributed by atoms with van der Waals surface area (Å²) in [6.07, 6.45) is 0. The molecule has 0 aromatic carbocycles. The van der Waals surface area contributed by atoms with Gasteiger partial charge in [-0.15, -0.1) is 0 Å². The normalized spacial score (nSPS) is 11.8. The summed E-state index contributed by atoms with van der Waals surface area (Å²) in [4.78, 5) is 39.8. The summed E-state index contributed by atoms with van der Waals surface area (Å²) >= 11 is 0. The maximum atomic E-state index is 9.95. The smallest absolute Gasteiger partial charge is 0.810 e. The maximum absolute atomic E-state index is 9.95. The van der Waals surface area contributed by atoms with Gasteiger partial charge in [-0.05, 0) is 0 Å². The number of aliphatic hydroxyl groups excluding tert-OH is 1. The van der Waals surface area contributed by atoms with E-state index in [0.717, 1.165) is 0 Å². The van der Waals surface area contributed by atoms with Gasteiger partial charge in [-0.1, -0.05) is 15.2 Å². The van der Waals surface area contributed by atoms with Crippen LogP contribution in [0.2, 0.25) is 0 Å². The second kappa shape index (κ2) is 7.96. The first-order valence-corrected chi connectivity index (χ1v) is 5.56. The maximum Gasteiger partial charge on any atom is 2.00 e. The number of aliphatic hydroxyl groups is 1. The minimum atomic E-state index is -5.54. The van der Waals surface area contributed by atoms with Gasteiger partial charge in [0.15, 0.2) is 0 Å². The summed E-state index contributed by atoms with van der Waals surface area (Å²) in [5, 5.41) is 5.31. The van der Waals surface area contributed by atoms with Crippen LogP contribution >= 0.6 is 15.2 Å². The molecule has 0 amide bonds. The van der Waals surface area contributed by atoms with E-state index in [1.165, 1.54) is 0 Å². The second-order valence-electron chi connectivity index (χ2n) is 1.74. The van der Waals surface area contributed by atoms with Crippen LogP contribution < -0.4 is 19.6 Å². The van der Waals surface area contributed by atoms with E-state index in [1.54, 1.807) is 0 Å². The fourth-order valence-corrected chi connectivity index (χ4v) is 2.16. The van der Waals surface area contributed by atoms with E-state index in [-0.39, 0.29) is 75.5 Å². The Morgan fingerprint density at radius 2 is 1.23 bits per heavy atom. The fraction of sp³-hybridized carbons (Fsp3) is 1.00. The van der Waals surface area contributed by atoms with Gasteiger partial charge < -0.3 is 33.8 Å². The Morgan fingerprint density at radius 1 is 1.00 bits per heavy atom. The average molecular weight is 282 g/mol. The Balaban J connectivity index is -0.000000500. The second-order valence-corrected chi connectivity index (χ2v) is 5.56. The van der Waals surface area contributed by atoms with Gasteiger partial charge in [-0.3, -0.25) is 0 Å². The molecule has 0 spiro atoms. The van der Waals surface area contributed by atoms with Gasteiger partial charge in [0.25, 0.3) is 0 Å². The minimum absolute atomic E-state index is 0. The molecule has 0 rings (SSSR count). The van der Waals surface area contributed by atoms with Gasteiger partial charge in [-0.25, -0.2) is 0 Å². The van der Waals surface area contributed by atoms with Crippen LogP contribution in [0.3, 0.4) is 0 Å². The molecule has 68 valence electrons. The first-order chi connectivity index (χ1) is 4.69. The zero-order valence-electron chi connectivity index (χ0n) is 6.49. The molecule has 1 N–H and O–H groups in total. The molecule has 0 bridgehead atoms. The van der Waals surface area contributed by atoms with Crippen LogP contribution in [0.5, 0.6) is 0 Å². The van der Waals surface area contributed by atoms with E-state index >= 15 is 0 Å². The van der Waals surface area contributed by atoms with Crippen molar-refractivity contribution in [2.45, 2.75) is 5.40 Å². The molecule has 0 fully saturated rings. The van der Waals surface area contributed by atoms with Crippen LogP contribution in [-0.4, -0.2) is 92.6 Å². The van der Waals surface area contributed by atoms with Gasteiger partial charge in [0.2, 0.25) is 0 Å². The predicted octanol–water partition coefficient (Wildman–Crippen LogP) is -4.63. The third kappa shape index (κ3) is 8.57. The Morgan fingerprint density at radius 3 is 1.23 bits per heavy atom. The SMILES string of the molecule is O=P([O-])([O-])C(CO)P(=O)([O-])[O-].[Ca+2].[Ca+2]. The van der Waals surface area contributed by atoms with Crippen LogP contribution in [0.1, 0.15) is 0 Å². The van der Waals surface area contributed by atoms with Crippen molar-refractivity contribution in [3.8, 4) is 0 Å². The average Bonchev–Trinajstić information content (AvgIpc) is 1.56. The number of hydrogen-bond donors (Lipinski definition) is 1. The van der Waals surface area contributed by atoms with Crippen LogP contribution in [0.4, 0.5) is 0 Å². The summed E-state index contributed by atoms with van der Waals surface area (Å²) in [5.74, 6) is 0. The zero-order chi connectivity index (χ0) is 9.28. The molecule has 0 aromatic rings. The summed E-state index contributed by atoms with van der Waals surface area (Å²) in [6, 6.07) is 0. The van der Waals surface area contributed by atoms with Crippen LogP contribution in [-0.2, 0) is 9.13 Å². The molecule has 0 saturated heterocycles. The zero-order valence-corrected chi connectivity index (χ0v) is 12.7. The van der Waals surface area contributed by atoms with Crippen molar-refractivity contribution in [2.75, 3.05) is 6.61 Å². The Bertz CT molecular complexity index is 197. The fourth-order valence-electron chi connectivity index (χ4n) is 0.373. The van der Waals surface area contributed by atoms with E-state index < -0.39 is 27.2 Å². The van der Waals surface area contributed by atoms with Gasteiger partial charge in [0.05, 0.1) is 6.61 Å². The van der Waals surface area contributed by atoms with Crippen LogP contribution in [0, 0.1) is 0 Å². The topological polar surface area (TPSA) is 147 Å². The van der Waals surface area contributed by atoms with Crippen molar-refractivity contribution >= 4 is 90.7 Å². The van der Waals surface area contributed by atoms with Crippen molar-refractivity contribution in [3.63, 3.8) is 0 Å². The Labute approximate surface area is 134 Å². The third-order valence-corrected chi connectivity index (χ3v) is 4.38. The molecule has 7 nitrogen and oxygen atoms in total. The predicted molar refractivity (Wildman–Crippen MR) is 37.6 cm³/mol. The molecule has 0 aliphatic carbocycles. The number of hydrogen-bond acceptors (Lipinski definition) is 7. The van der Waals surface area contributed by atoms with E-state index in [0.29, 0.717) is 0 Å². The van der Waals surface area contributed by atoms with E-state index in [9.17, 15) is 28.7 Å². The molecule has 13 heavy (non-hydrogen) atoms. The van der Waals surface area contributed by atoms with E-state index in [4.69, 9.17) is 5.11 Å². The third-order valence-electron chi connectivity index (χ3n) is 0.893. The van der Waals surface area contributed by atoms with Gasteiger partial charge in [0.1, 0.15) is 0 Å². The van der Waals surface area contributed by atoms with Crippen molar-refractivity contribution < 1.29 is 33.8 Å². The summed E-state index contributed by atoms with van der Waals surface area (Å²) < 4.78 is 19.9. The molecular weight excluding hydrogens is 278 g/mol. The molecule has 0 radical (unpaired) electrons. The Kier molecular flexibility index (Phi) is 12.9. The molecule has 0 aliphatic rings. The van der Waals surface area contributed by atoms with Gasteiger partial charge in [0, 0.05) is 5.40 Å². The largest absolute Gasteiger partial charge is 2.00 e. The molecular formula is C2H4Ca2O7P2. The van der Waals surface area contributed by atoms with E-state index in [1.807, 2.05) is 0 Å². The number of rotatable bonds is 3. The molecule has 0 aromatic heterocycles. The molecule has 0 atom stereocenters. The summed E-state index contributed by atoms with van der Waals surface area (Å²) in [7, 11) is -11.1. The molecule has 0 aliphatic heterocycles. The van der Waals surface area contributed by atoms with Crippen LogP contribution in [0.25, 0.3) is 0 Å². The monoisotopic (exact) mass is 282 g/mol. The van der Waals surface area contributed by atoms with Crippen molar-refractivity contribution in [1.29, 1.82) is 0 Å². The Hall–Kier alpha value is 2.78. The molecule has 0 saturated carbocycles. The summed E-state index contributed by atoms with van der Waals surface area (Å²) in [6.45, 7) is -1.49. The molecule has 0 unspecified atom stereocenters. The first kappa shape index (κ1) is 21.1. The molecule has 11 heteroatoms. The van der Waals surface area contributed by atoms with Crippen LogP contribution in [0.15, 0.2) is 0 Å². The van der Waals surface area contributed by atoms with Crippen molar-refractivity contribution in [3.05, 3.63) is 0 Å². The first-order valence-electron chi connectivity index (χ1n) is 2.34. The van der Waals surface area contributed by atoms with Crippen molar-refractivity contribution in [2.24, 2.45) is 0 Å².